The minimum atomic E-state index is -0.833. The van der Waals surface area contributed by atoms with Crippen molar-refractivity contribution in [2.45, 2.75) is 0 Å². The highest BCUT2D eigenvalue weighted by atomic mass is 16.6. The van der Waals surface area contributed by atoms with E-state index in [-0.39, 0.29) is 16.8 Å². The van der Waals surface area contributed by atoms with Gasteiger partial charge in [-0.3, -0.25) is 14.9 Å². The summed E-state index contributed by atoms with van der Waals surface area (Å²) in [6, 6.07) is 9.95. The van der Waals surface area contributed by atoms with Crippen molar-refractivity contribution >= 4 is 23.5 Å². The Morgan fingerprint density at radius 1 is 0.963 bits per heavy atom. The Kier molecular flexibility index (Phi) is 6.27. The molecule has 0 saturated heterocycles. The van der Waals surface area contributed by atoms with Gasteiger partial charge in [-0.2, -0.15) is 0 Å². The highest BCUT2D eigenvalue weighted by Crippen LogP contribution is 2.25. The van der Waals surface area contributed by atoms with Gasteiger partial charge in [0.15, 0.2) is 0 Å². The molecule has 0 unspecified atom stereocenters. The number of rotatable bonds is 7. The van der Waals surface area contributed by atoms with Crippen LogP contribution in [0.1, 0.15) is 15.9 Å². The molecule has 0 aliphatic rings. The predicted molar refractivity (Wildman–Crippen MR) is 97.0 cm³/mol. The zero-order valence-corrected chi connectivity index (χ0v) is 14.9. The molecule has 2 aromatic rings. The largest absolute Gasteiger partial charge is 0.497 e. The van der Waals surface area contributed by atoms with E-state index in [9.17, 15) is 19.7 Å². The summed E-state index contributed by atoms with van der Waals surface area (Å²) in [5.74, 6) is -0.660. The molecular weight excluding hydrogens is 354 g/mol. The van der Waals surface area contributed by atoms with Gasteiger partial charge in [-0.05, 0) is 35.9 Å². The first-order valence-corrected chi connectivity index (χ1v) is 7.71. The molecular formula is C19H17NO7. The first kappa shape index (κ1) is 19.6. The fourth-order valence-corrected chi connectivity index (χ4v) is 2.28. The number of carbonyl (C=O) groups excluding carboxylic acids is 2. The van der Waals surface area contributed by atoms with Crippen molar-refractivity contribution in [3.8, 4) is 11.5 Å². The first-order chi connectivity index (χ1) is 12.9. The second kappa shape index (κ2) is 8.61. The second-order valence-corrected chi connectivity index (χ2v) is 5.33. The molecule has 0 heterocycles. The van der Waals surface area contributed by atoms with Crippen molar-refractivity contribution in [3.63, 3.8) is 0 Å². The summed E-state index contributed by atoms with van der Waals surface area (Å²) in [4.78, 5) is 35.2. The normalized spacial score (nSPS) is 10.9. The third kappa shape index (κ3) is 4.69. The fourth-order valence-electron chi connectivity index (χ4n) is 2.28. The minimum absolute atomic E-state index is 0.101. The van der Waals surface area contributed by atoms with Gasteiger partial charge >= 0.3 is 5.97 Å². The number of nitrogens with zero attached hydrogens (tertiary/aromatic N) is 1. The molecule has 0 radical (unpaired) electrons. The van der Waals surface area contributed by atoms with Crippen LogP contribution in [0.5, 0.6) is 11.5 Å². The molecule has 8 nitrogen and oxygen atoms in total. The number of non-ortho nitro benzene ring substituents is 1. The number of benzene rings is 2. The summed E-state index contributed by atoms with van der Waals surface area (Å²) in [6.07, 6.45) is 1.31. The van der Waals surface area contributed by atoms with Crippen LogP contribution in [0.25, 0.3) is 6.08 Å². The Morgan fingerprint density at radius 2 is 1.52 bits per heavy atom. The summed E-state index contributed by atoms with van der Waals surface area (Å²) in [5.41, 5.74) is 0.270. The standard InChI is InChI=1S/C19H17NO7/c1-25-15-9-13(10-16(11-15)26-2)18(21)17(19(22)27-3)8-12-4-6-14(7-5-12)20(23)24/h4-11H,1-3H3/b17-8-. The lowest BCUT2D eigenvalue weighted by atomic mass is 10.00. The molecule has 0 bridgehead atoms. The maximum absolute atomic E-state index is 12.9. The molecule has 0 fully saturated rings. The minimum Gasteiger partial charge on any atom is -0.497 e. The van der Waals surface area contributed by atoms with E-state index in [1.54, 1.807) is 6.07 Å². The van der Waals surface area contributed by atoms with Crippen LogP contribution in [-0.4, -0.2) is 38.0 Å². The van der Waals surface area contributed by atoms with E-state index < -0.39 is 16.7 Å². The van der Waals surface area contributed by atoms with Crippen molar-refractivity contribution in [1.82, 2.24) is 0 Å². The van der Waals surface area contributed by atoms with Crippen LogP contribution in [0.3, 0.4) is 0 Å². The van der Waals surface area contributed by atoms with Gasteiger partial charge in [0.2, 0.25) is 5.78 Å². The quantitative estimate of drug-likeness (QED) is 0.140. The Labute approximate surface area is 155 Å². The van der Waals surface area contributed by atoms with E-state index in [4.69, 9.17) is 14.2 Å². The van der Waals surface area contributed by atoms with Crippen molar-refractivity contribution in [2.24, 2.45) is 0 Å². The molecule has 2 rings (SSSR count). The molecule has 8 heteroatoms. The number of hydrogen-bond donors (Lipinski definition) is 0. The van der Waals surface area contributed by atoms with Crippen LogP contribution in [-0.2, 0) is 9.53 Å². The first-order valence-electron chi connectivity index (χ1n) is 7.71. The highest BCUT2D eigenvalue weighted by molar-refractivity contribution is 6.27. The van der Waals surface area contributed by atoms with Crippen LogP contribution in [0, 0.1) is 10.1 Å². The second-order valence-electron chi connectivity index (χ2n) is 5.33. The molecule has 0 aliphatic carbocycles. The number of ketones is 1. The number of methoxy groups -OCH3 is 3. The lowest BCUT2D eigenvalue weighted by Crippen LogP contribution is -2.15. The zero-order chi connectivity index (χ0) is 20.0. The van der Waals surface area contributed by atoms with Crippen molar-refractivity contribution in [3.05, 3.63) is 69.3 Å². The molecule has 0 N–H and O–H groups in total. The van der Waals surface area contributed by atoms with Gasteiger partial charge in [0.1, 0.15) is 17.1 Å². The van der Waals surface area contributed by atoms with Crippen molar-refractivity contribution in [2.75, 3.05) is 21.3 Å². The number of esters is 1. The molecule has 0 aromatic heterocycles. The molecule has 0 spiro atoms. The number of nitro groups is 1. The zero-order valence-electron chi connectivity index (χ0n) is 14.9. The van der Waals surface area contributed by atoms with Gasteiger partial charge in [0, 0.05) is 23.8 Å². The van der Waals surface area contributed by atoms with Crippen molar-refractivity contribution < 1.29 is 28.7 Å². The SMILES string of the molecule is COC(=O)/C(=C\c1ccc([N+](=O)[O-])cc1)C(=O)c1cc(OC)cc(OC)c1. The Bertz CT molecular complexity index is 879. The van der Waals surface area contributed by atoms with Crippen LogP contribution in [0.4, 0.5) is 5.69 Å². The van der Waals surface area contributed by atoms with E-state index >= 15 is 0 Å². The monoisotopic (exact) mass is 371 g/mol. The van der Waals surface area contributed by atoms with Crippen LogP contribution in [0.2, 0.25) is 0 Å². The lowest BCUT2D eigenvalue weighted by Gasteiger charge is -2.09. The summed E-state index contributed by atoms with van der Waals surface area (Å²) < 4.78 is 15.0. The lowest BCUT2D eigenvalue weighted by molar-refractivity contribution is -0.384. The number of Topliss-reactive ketones (excluding diaryl/α,β-unsaturated/α-hetero) is 1. The summed E-state index contributed by atoms with van der Waals surface area (Å²) in [7, 11) is 4.04. The molecule has 27 heavy (non-hydrogen) atoms. The molecule has 0 amide bonds. The molecule has 0 saturated carbocycles. The van der Waals surface area contributed by atoms with E-state index in [2.05, 4.69) is 0 Å². The Hall–Kier alpha value is -3.68. The average Bonchev–Trinajstić information content (AvgIpc) is 2.70. The summed E-state index contributed by atoms with van der Waals surface area (Å²) >= 11 is 0. The topological polar surface area (TPSA) is 105 Å². The van der Waals surface area contributed by atoms with E-state index in [0.29, 0.717) is 17.1 Å². The maximum Gasteiger partial charge on any atom is 0.341 e. The fraction of sp³-hybridized carbons (Fsp3) is 0.158. The van der Waals surface area contributed by atoms with Gasteiger partial charge in [-0.1, -0.05) is 0 Å². The number of nitro benzene ring substituents is 1. The molecule has 2 aromatic carbocycles. The van der Waals surface area contributed by atoms with Crippen LogP contribution >= 0.6 is 0 Å². The van der Waals surface area contributed by atoms with Gasteiger partial charge in [-0.25, -0.2) is 4.79 Å². The number of carbonyl (C=O) groups is 2. The third-order valence-electron chi connectivity index (χ3n) is 3.68. The molecule has 140 valence electrons. The van der Waals surface area contributed by atoms with E-state index in [1.165, 1.54) is 56.7 Å². The molecule has 0 atom stereocenters. The third-order valence-corrected chi connectivity index (χ3v) is 3.68. The Balaban J connectivity index is 2.48. The smallest absolute Gasteiger partial charge is 0.341 e. The molecule has 0 aliphatic heterocycles. The van der Waals surface area contributed by atoms with Crippen LogP contribution in [0.15, 0.2) is 48.0 Å². The van der Waals surface area contributed by atoms with Gasteiger partial charge in [0.05, 0.1) is 26.3 Å². The summed E-state index contributed by atoms with van der Waals surface area (Å²) in [5, 5.41) is 10.7. The van der Waals surface area contributed by atoms with Gasteiger partial charge in [-0.15, -0.1) is 0 Å². The number of ether oxygens (including phenoxy) is 3. The summed E-state index contributed by atoms with van der Waals surface area (Å²) in [6.45, 7) is 0. The van der Waals surface area contributed by atoms with Gasteiger partial charge < -0.3 is 14.2 Å². The predicted octanol–water partition coefficient (Wildman–Crippen LogP) is 3.05. The average molecular weight is 371 g/mol. The van der Waals surface area contributed by atoms with Crippen molar-refractivity contribution in [1.29, 1.82) is 0 Å². The van der Waals surface area contributed by atoms with Crippen LogP contribution < -0.4 is 9.47 Å². The maximum atomic E-state index is 12.9. The number of hydrogen-bond acceptors (Lipinski definition) is 7. The van der Waals surface area contributed by atoms with Gasteiger partial charge in [0.25, 0.3) is 5.69 Å². The Morgan fingerprint density at radius 3 is 1.96 bits per heavy atom. The van der Waals surface area contributed by atoms with E-state index in [0.717, 1.165) is 7.11 Å². The van der Waals surface area contributed by atoms with E-state index in [1.807, 2.05) is 0 Å². The highest BCUT2D eigenvalue weighted by Gasteiger charge is 2.22.